The SMILES string of the molecule is CC(C)(C)OC(=O)N[C@@H]1C[C@H]2CNC[C@@]2(C(=O)N2CCc3ncc(C(F)(F)F)cc3C2)C1. The summed E-state index contributed by atoms with van der Waals surface area (Å²) in [4.78, 5) is 31.5. The van der Waals surface area contributed by atoms with Gasteiger partial charge in [-0.15, -0.1) is 0 Å². The van der Waals surface area contributed by atoms with E-state index in [-0.39, 0.29) is 24.4 Å². The molecule has 0 unspecified atom stereocenters. The summed E-state index contributed by atoms with van der Waals surface area (Å²) in [7, 11) is 0. The number of halogens is 3. The third-order valence-corrected chi connectivity index (χ3v) is 6.59. The van der Waals surface area contributed by atoms with Crippen LogP contribution in [-0.2, 0) is 28.7 Å². The Bertz CT molecular complexity index is 915. The summed E-state index contributed by atoms with van der Waals surface area (Å²) in [6, 6.07) is 0.919. The van der Waals surface area contributed by atoms with E-state index in [2.05, 4.69) is 15.6 Å². The summed E-state index contributed by atoms with van der Waals surface area (Å²) >= 11 is 0. The summed E-state index contributed by atoms with van der Waals surface area (Å²) < 4.78 is 44.7. The van der Waals surface area contributed by atoms with Crippen LogP contribution in [0.5, 0.6) is 0 Å². The molecule has 0 aromatic carbocycles. The van der Waals surface area contributed by atoms with Gasteiger partial charge in [-0.3, -0.25) is 9.78 Å². The number of carbonyl (C=O) groups excluding carboxylic acids is 2. The van der Waals surface area contributed by atoms with Crippen molar-refractivity contribution in [3.8, 4) is 0 Å². The first kappa shape index (κ1) is 22.8. The molecule has 2 N–H and O–H groups in total. The number of fused-ring (bicyclic) bond motifs is 2. The van der Waals surface area contributed by atoms with Gasteiger partial charge in [-0.05, 0) is 57.7 Å². The van der Waals surface area contributed by atoms with E-state index in [1.54, 1.807) is 25.7 Å². The van der Waals surface area contributed by atoms with Crippen molar-refractivity contribution < 1.29 is 27.5 Å². The molecule has 2 amide bonds. The first-order valence-corrected chi connectivity index (χ1v) is 10.9. The zero-order valence-corrected chi connectivity index (χ0v) is 18.5. The molecule has 1 aromatic rings. The second-order valence-electron chi connectivity index (χ2n) is 10.1. The molecule has 2 aliphatic heterocycles. The first-order valence-electron chi connectivity index (χ1n) is 10.9. The fourth-order valence-electron chi connectivity index (χ4n) is 5.21. The van der Waals surface area contributed by atoms with E-state index < -0.39 is 28.8 Å². The summed E-state index contributed by atoms with van der Waals surface area (Å²) in [5.41, 5.74) is -1.03. The Morgan fingerprint density at radius 3 is 2.75 bits per heavy atom. The number of alkyl carbamates (subject to hydrolysis) is 1. The maximum atomic E-state index is 13.7. The van der Waals surface area contributed by atoms with Crippen LogP contribution in [0, 0.1) is 11.3 Å². The number of ether oxygens (including phenoxy) is 1. The zero-order valence-electron chi connectivity index (χ0n) is 18.5. The lowest BCUT2D eigenvalue weighted by Crippen LogP contribution is -2.49. The van der Waals surface area contributed by atoms with E-state index in [4.69, 9.17) is 4.74 Å². The molecule has 10 heteroatoms. The van der Waals surface area contributed by atoms with Crippen molar-refractivity contribution in [3.63, 3.8) is 0 Å². The van der Waals surface area contributed by atoms with Crippen LogP contribution in [0.15, 0.2) is 12.3 Å². The van der Waals surface area contributed by atoms with Crippen molar-refractivity contribution in [2.24, 2.45) is 11.3 Å². The summed E-state index contributed by atoms with van der Waals surface area (Å²) in [5.74, 6) is -0.0139. The molecule has 1 aromatic heterocycles. The molecule has 2 fully saturated rings. The Morgan fingerprint density at radius 1 is 1.31 bits per heavy atom. The lowest BCUT2D eigenvalue weighted by molar-refractivity contribution is -0.143. The molecule has 3 atom stereocenters. The van der Waals surface area contributed by atoms with E-state index in [1.807, 2.05) is 0 Å². The van der Waals surface area contributed by atoms with Crippen molar-refractivity contribution in [3.05, 3.63) is 29.1 Å². The lowest BCUT2D eigenvalue weighted by Gasteiger charge is -2.37. The van der Waals surface area contributed by atoms with Crippen LogP contribution in [0.4, 0.5) is 18.0 Å². The minimum Gasteiger partial charge on any atom is -0.444 e. The fourth-order valence-corrected chi connectivity index (χ4v) is 5.21. The Balaban J connectivity index is 1.48. The Hall–Kier alpha value is -2.36. The number of alkyl halides is 3. The number of pyridine rings is 1. The second-order valence-corrected chi connectivity index (χ2v) is 10.1. The molecule has 1 aliphatic carbocycles. The highest BCUT2D eigenvalue weighted by molar-refractivity contribution is 5.85. The second kappa shape index (κ2) is 7.90. The highest BCUT2D eigenvalue weighted by Gasteiger charge is 2.56. The maximum absolute atomic E-state index is 13.7. The van der Waals surface area contributed by atoms with Crippen LogP contribution in [0.25, 0.3) is 0 Å². The largest absolute Gasteiger partial charge is 0.444 e. The van der Waals surface area contributed by atoms with Crippen molar-refractivity contribution in [2.45, 2.75) is 64.4 Å². The molecular formula is C22H29F3N4O3. The number of hydrogen-bond acceptors (Lipinski definition) is 5. The van der Waals surface area contributed by atoms with E-state index in [0.717, 1.165) is 12.3 Å². The summed E-state index contributed by atoms with van der Waals surface area (Å²) in [6.07, 6.45) is -2.56. The quantitative estimate of drug-likeness (QED) is 0.718. The minimum absolute atomic E-state index is 0.0518. The molecule has 1 saturated carbocycles. The van der Waals surface area contributed by atoms with Gasteiger partial charge < -0.3 is 20.3 Å². The standard InChI is InChI=1S/C22H29F3N4O3/c1-20(2,3)32-19(31)28-16-7-14-9-26-12-21(14,8-16)18(30)29-5-4-17-13(11-29)6-15(10-27-17)22(23,24)25/h6,10,14,16,26H,4-5,7-9,11-12H2,1-3H3,(H,28,31)/t14-,16+,21-/m0/s1. The highest BCUT2D eigenvalue weighted by Crippen LogP contribution is 2.48. The Morgan fingerprint density at radius 2 is 2.06 bits per heavy atom. The molecule has 0 bridgehead atoms. The molecule has 7 nitrogen and oxygen atoms in total. The normalized spacial score (nSPS) is 27.6. The van der Waals surface area contributed by atoms with Crippen molar-refractivity contribution in [1.29, 1.82) is 0 Å². The van der Waals surface area contributed by atoms with Crippen molar-refractivity contribution in [1.82, 2.24) is 20.5 Å². The van der Waals surface area contributed by atoms with Gasteiger partial charge in [-0.2, -0.15) is 13.2 Å². The van der Waals surface area contributed by atoms with Crippen LogP contribution in [0.3, 0.4) is 0 Å². The van der Waals surface area contributed by atoms with Gasteiger partial charge in [0.1, 0.15) is 5.60 Å². The van der Waals surface area contributed by atoms with Gasteiger partial charge in [-0.25, -0.2) is 4.79 Å². The molecule has 176 valence electrons. The number of aromatic nitrogens is 1. The highest BCUT2D eigenvalue weighted by atomic mass is 19.4. The monoisotopic (exact) mass is 454 g/mol. The molecule has 1 saturated heterocycles. The maximum Gasteiger partial charge on any atom is 0.417 e. The third kappa shape index (κ3) is 4.42. The predicted molar refractivity (Wildman–Crippen MR) is 110 cm³/mol. The third-order valence-electron chi connectivity index (χ3n) is 6.59. The van der Waals surface area contributed by atoms with Gasteiger partial charge in [-0.1, -0.05) is 0 Å². The van der Waals surface area contributed by atoms with E-state index >= 15 is 0 Å². The Labute approximate surface area is 185 Å². The molecule has 3 aliphatic rings. The summed E-state index contributed by atoms with van der Waals surface area (Å²) in [6.45, 7) is 7.07. The van der Waals surface area contributed by atoms with Gasteiger partial charge in [0.2, 0.25) is 5.91 Å². The van der Waals surface area contributed by atoms with Crippen LogP contribution >= 0.6 is 0 Å². The molecule has 3 heterocycles. The van der Waals surface area contributed by atoms with Crippen LogP contribution < -0.4 is 10.6 Å². The molecule has 0 radical (unpaired) electrons. The van der Waals surface area contributed by atoms with E-state index in [1.165, 1.54) is 0 Å². The zero-order chi connectivity index (χ0) is 23.3. The van der Waals surface area contributed by atoms with Gasteiger partial charge >= 0.3 is 12.3 Å². The average Bonchev–Trinajstić information content (AvgIpc) is 3.22. The molecule has 0 spiro atoms. The smallest absolute Gasteiger partial charge is 0.417 e. The lowest BCUT2D eigenvalue weighted by atomic mass is 9.78. The number of amides is 2. The molecular weight excluding hydrogens is 425 g/mol. The number of carbonyl (C=O) groups is 2. The van der Waals surface area contributed by atoms with Crippen LogP contribution in [0.1, 0.15) is 50.4 Å². The number of hydrogen-bond donors (Lipinski definition) is 2. The first-order chi connectivity index (χ1) is 14.9. The fraction of sp³-hybridized carbons (Fsp3) is 0.682. The van der Waals surface area contributed by atoms with Crippen LogP contribution in [-0.4, -0.2) is 53.2 Å². The number of nitrogens with zero attached hydrogens (tertiary/aromatic N) is 2. The van der Waals surface area contributed by atoms with Gasteiger partial charge in [0.15, 0.2) is 0 Å². The molecule has 4 rings (SSSR count). The van der Waals surface area contributed by atoms with Crippen molar-refractivity contribution in [2.75, 3.05) is 19.6 Å². The van der Waals surface area contributed by atoms with Gasteiger partial charge in [0.05, 0.1) is 11.0 Å². The number of nitrogens with one attached hydrogen (secondary N) is 2. The minimum atomic E-state index is -4.47. The topological polar surface area (TPSA) is 83.6 Å². The average molecular weight is 454 g/mol. The number of rotatable bonds is 2. The molecule has 32 heavy (non-hydrogen) atoms. The predicted octanol–water partition coefficient (Wildman–Crippen LogP) is 2.88. The summed E-state index contributed by atoms with van der Waals surface area (Å²) in [5, 5.41) is 6.18. The Kier molecular flexibility index (Phi) is 5.63. The van der Waals surface area contributed by atoms with E-state index in [9.17, 15) is 22.8 Å². The van der Waals surface area contributed by atoms with E-state index in [0.29, 0.717) is 50.2 Å². The van der Waals surface area contributed by atoms with Crippen LogP contribution in [0.2, 0.25) is 0 Å². The van der Waals surface area contributed by atoms with Gasteiger partial charge in [0, 0.05) is 44.0 Å². The van der Waals surface area contributed by atoms with Crippen molar-refractivity contribution >= 4 is 12.0 Å². The van der Waals surface area contributed by atoms with Gasteiger partial charge in [0.25, 0.3) is 0 Å².